The van der Waals surface area contributed by atoms with Crippen molar-refractivity contribution in [2.45, 2.75) is 51.5 Å². The monoisotopic (exact) mass is 345 g/mol. The van der Waals surface area contributed by atoms with Crippen LogP contribution in [0.5, 0.6) is 0 Å². The SMILES string of the molecule is Cc1ccc(-c2nnc(CCC(=O)N(C)C(C3CC3)C3CC3)o2)s1. The maximum atomic E-state index is 12.5. The maximum Gasteiger partial charge on any atom is 0.257 e. The Hall–Kier alpha value is -1.69. The highest BCUT2D eigenvalue weighted by molar-refractivity contribution is 7.15. The fourth-order valence-corrected chi connectivity index (χ4v) is 4.24. The Morgan fingerprint density at radius 2 is 2.00 bits per heavy atom. The van der Waals surface area contributed by atoms with Crippen LogP contribution < -0.4 is 0 Å². The molecule has 0 N–H and O–H groups in total. The van der Waals surface area contributed by atoms with E-state index in [4.69, 9.17) is 4.42 Å². The number of amides is 1. The number of thiophene rings is 1. The Balaban J connectivity index is 1.34. The summed E-state index contributed by atoms with van der Waals surface area (Å²) in [4.78, 5) is 16.7. The van der Waals surface area contributed by atoms with Gasteiger partial charge in [-0.3, -0.25) is 4.79 Å². The smallest absolute Gasteiger partial charge is 0.257 e. The van der Waals surface area contributed by atoms with Crippen molar-refractivity contribution in [2.75, 3.05) is 7.05 Å². The summed E-state index contributed by atoms with van der Waals surface area (Å²) in [6, 6.07) is 4.49. The van der Waals surface area contributed by atoms with Crippen LogP contribution in [0.3, 0.4) is 0 Å². The zero-order chi connectivity index (χ0) is 16.7. The Morgan fingerprint density at radius 3 is 2.58 bits per heavy atom. The number of aryl methyl sites for hydroxylation is 2. The van der Waals surface area contributed by atoms with E-state index in [0.29, 0.717) is 30.7 Å². The number of carbonyl (C=O) groups is 1. The van der Waals surface area contributed by atoms with Gasteiger partial charge in [-0.2, -0.15) is 0 Å². The summed E-state index contributed by atoms with van der Waals surface area (Å²) in [5.41, 5.74) is 0. The second-order valence-corrected chi connectivity index (χ2v) is 8.37. The minimum Gasteiger partial charge on any atom is -0.420 e. The first-order chi connectivity index (χ1) is 11.6. The lowest BCUT2D eigenvalue weighted by molar-refractivity contribution is -0.132. The van der Waals surface area contributed by atoms with Crippen LogP contribution in [0, 0.1) is 18.8 Å². The van der Waals surface area contributed by atoms with E-state index in [2.05, 4.69) is 17.1 Å². The molecule has 2 fully saturated rings. The van der Waals surface area contributed by atoms with Crippen molar-refractivity contribution < 1.29 is 9.21 Å². The van der Waals surface area contributed by atoms with E-state index in [9.17, 15) is 4.79 Å². The largest absolute Gasteiger partial charge is 0.420 e. The lowest BCUT2D eigenvalue weighted by Crippen LogP contribution is -2.40. The highest BCUT2D eigenvalue weighted by atomic mass is 32.1. The Labute approximate surface area is 146 Å². The van der Waals surface area contributed by atoms with Gasteiger partial charge in [0.1, 0.15) is 0 Å². The molecule has 0 unspecified atom stereocenters. The summed E-state index contributed by atoms with van der Waals surface area (Å²) in [5.74, 6) is 2.78. The van der Waals surface area contributed by atoms with E-state index >= 15 is 0 Å². The first-order valence-corrected chi connectivity index (χ1v) is 9.58. The molecule has 5 nitrogen and oxygen atoms in total. The first kappa shape index (κ1) is 15.8. The Kier molecular flexibility index (Phi) is 4.16. The average molecular weight is 345 g/mol. The lowest BCUT2D eigenvalue weighted by atomic mass is 10.1. The van der Waals surface area contributed by atoms with E-state index < -0.39 is 0 Å². The Bertz CT molecular complexity index is 718. The summed E-state index contributed by atoms with van der Waals surface area (Å²) >= 11 is 1.64. The molecule has 0 saturated heterocycles. The van der Waals surface area contributed by atoms with Crippen molar-refractivity contribution >= 4 is 17.2 Å². The fraction of sp³-hybridized carbons (Fsp3) is 0.611. The third kappa shape index (κ3) is 3.38. The molecule has 0 bridgehead atoms. The molecule has 2 aromatic rings. The van der Waals surface area contributed by atoms with Crippen LogP contribution in [0.2, 0.25) is 0 Å². The summed E-state index contributed by atoms with van der Waals surface area (Å²) < 4.78 is 5.71. The molecule has 1 amide bonds. The van der Waals surface area contributed by atoms with Crippen LogP contribution in [0.1, 0.15) is 42.9 Å². The number of hydrogen-bond donors (Lipinski definition) is 0. The molecule has 2 saturated carbocycles. The van der Waals surface area contributed by atoms with Crippen molar-refractivity contribution in [1.29, 1.82) is 0 Å². The summed E-state index contributed by atoms with van der Waals surface area (Å²) in [5, 5.41) is 8.20. The van der Waals surface area contributed by atoms with Crippen LogP contribution in [-0.2, 0) is 11.2 Å². The number of aromatic nitrogens is 2. The first-order valence-electron chi connectivity index (χ1n) is 8.76. The van der Waals surface area contributed by atoms with Gasteiger partial charge in [-0.25, -0.2) is 0 Å². The van der Waals surface area contributed by atoms with Crippen molar-refractivity contribution in [3.8, 4) is 10.8 Å². The molecule has 0 aliphatic heterocycles. The van der Waals surface area contributed by atoms with Crippen LogP contribution >= 0.6 is 11.3 Å². The van der Waals surface area contributed by atoms with Gasteiger partial charge in [0.25, 0.3) is 5.89 Å². The summed E-state index contributed by atoms with van der Waals surface area (Å²) in [6.07, 6.45) is 6.09. The van der Waals surface area contributed by atoms with E-state index in [0.717, 1.165) is 16.7 Å². The van der Waals surface area contributed by atoms with E-state index in [1.54, 1.807) is 11.3 Å². The predicted molar refractivity (Wildman–Crippen MR) is 92.7 cm³/mol. The number of carbonyl (C=O) groups excluding carboxylic acids is 1. The number of rotatable bonds is 7. The molecule has 2 aliphatic rings. The van der Waals surface area contributed by atoms with Gasteiger partial charge >= 0.3 is 0 Å². The normalized spacial score (nSPS) is 17.5. The van der Waals surface area contributed by atoms with Crippen LogP contribution in [0.25, 0.3) is 10.8 Å². The van der Waals surface area contributed by atoms with Crippen molar-refractivity contribution in [2.24, 2.45) is 11.8 Å². The average Bonchev–Trinajstić information content (AvgIpc) is 3.49. The molecule has 0 spiro atoms. The molecule has 2 heterocycles. The molecule has 128 valence electrons. The highest BCUT2D eigenvalue weighted by Gasteiger charge is 2.44. The molecule has 2 aromatic heterocycles. The minimum absolute atomic E-state index is 0.200. The topological polar surface area (TPSA) is 59.2 Å². The maximum absolute atomic E-state index is 12.5. The van der Waals surface area contributed by atoms with Crippen LogP contribution in [0.15, 0.2) is 16.5 Å². The zero-order valence-corrected chi connectivity index (χ0v) is 15.0. The quantitative estimate of drug-likeness (QED) is 0.768. The lowest BCUT2D eigenvalue weighted by Gasteiger charge is -2.28. The second-order valence-electron chi connectivity index (χ2n) is 7.08. The van der Waals surface area contributed by atoms with Crippen molar-refractivity contribution in [3.63, 3.8) is 0 Å². The molecule has 6 heteroatoms. The van der Waals surface area contributed by atoms with E-state index in [-0.39, 0.29) is 5.91 Å². The molecule has 2 aliphatic carbocycles. The molecule has 0 aromatic carbocycles. The van der Waals surface area contributed by atoms with Gasteiger partial charge in [-0.05, 0) is 56.6 Å². The zero-order valence-electron chi connectivity index (χ0n) is 14.2. The van der Waals surface area contributed by atoms with Gasteiger partial charge in [0.05, 0.1) is 4.88 Å². The minimum atomic E-state index is 0.200. The molecule has 24 heavy (non-hydrogen) atoms. The van der Waals surface area contributed by atoms with Gasteiger partial charge in [0, 0.05) is 30.8 Å². The fourth-order valence-electron chi connectivity index (χ4n) is 3.45. The highest BCUT2D eigenvalue weighted by Crippen LogP contribution is 2.46. The van der Waals surface area contributed by atoms with Crippen molar-refractivity contribution in [1.82, 2.24) is 15.1 Å². The third-order valence-corrected chi connectivity index (χ3v) is 6.01. The molecular formula is C18H23N3O2S. The molecule has 0 radical (unpaired) electrons. The molecule has 0 atom stereocenters. The van der Waals surface area contributed by atoms with E-state index in [1.807, 2.05) is 24.1 Å². The second kappa shape index (κ2) is 6.31. The van der Waals surface area contributed by atoms with Crippen LogP contribution in [0.4, 0.5) is 0 Å². The standard InChI is InChI=1S/C18H23N3O2S/c1-11-3-8-14(24-11)18-20-19-15(23-18)9-10-16(22)21(2)17(12-4-5-12)13-6-7-13/h3,8,12-13,17H,4-7,9-10H2,1-2H3. The van der Waals surface area contributed by atoms with E-state index in [1.165, 1.54) is 30.6 Å². The summed E-state index contributed by atoms with van der Waals surface area (Å²) in [7, 11) is 1.97. The van der Waals surface area contributed by atoms with Crippen LogP contribution in [-0.4, -0.2) is 34.1 Å². The molecule has 4 rings (SSSR count). The van der Waals surface area contributed by atoms with Crippen molar-refractivity contribution in [3.05, 3.63) is 22.9 Å². The van der Waals surface area contributed by atoms with Gasteiger partial charge in [-0.1, -0.05) is 0 Å². The third-order valence-electron chi connectivity index (χ3n) is 5.02. The predicted octanol–water partition coefficient (Wildman–Crippen LogP) is 3.69. The van der Waals surface area contributed by atoms with Gasteiger partial charge in [0.15, 0.2) is 0 Å². The van der Waals surface area contributed by atoms with Gasteiger partial charge < -0.3 is 9.32 Å². The Morgan fingerprint density at radius 1 is 1.29 bits per heavy atom. The van der Waals surface area contributed by atoms with Gasteiger partial charge in [0.2, 0.25) is 11.8 Å². The molecular weight excluding hydrogens is 322 g/mol. The number of nitrogens with zero attached hydrogens (tertiary/aromatic N) is 3. The number of hydrogen-bond acceptors (Lipinski definition) is 5. The summed E-state index contributed by atoms with van der Waals surface area (Å²) in [6.45, 7) is 2.05. The van der Waals surface area contributed by atoms with Gasteiger partial charge in [-0.15, -0.1) is 21.5 Å².